The van der Waals surface area contributed by atoms with E-state index >= 15 is 0 Å². The van der Waals surface area contributed by atoms with Crippen molar-refractivity contribution in [1.82, 2.24) is 4.90 Å². The normalized spacial score (nSPS) is 14.6. The largest absolute Gasteiger partial charge is 0.465 e. The first-order valence-corrected chi connectivity index (χ1v) is 7.14. The number of rotatable bonds is 5. The molecule has 1 aromatic rings. The second-order valence-corrected chi connectivity index (χ2v) is 5.79. The fourth-order valence-electron chi connectivity index (χ4n) is 2.11. The van der Waals surface area contributed by atoms with Gasteiger partial charge in [0.05, 0.1) is 0 Å². The van der Waals surface area contributed by atoms with Crippen LogP contribution in [-0.2, 0) is 13.0 Å². The monoisotopic (exact) mass is 311 g/mol. The van der Waals surface area contributed by atoms with E-state index in [-0.39, 0.29) is 0 Å². The Bertz CT molecular complexity index is 443. The fourth-order valence-corrected chi connectivity index (χ4v) is 2.51. The zero-order chi connectivity index (χ0) is 13.1. The van der Waals surface area contributed by atoms with Crippen LogP contribution in [0, 0.1) is 5.92 Å². The number of hydrogen-bond donors (Lipinski definition) is 1. The molecule has 1 aromatic carbocycles. The van der Waals surface area contributed by atoms with Gasteiger partial charge < -0.3 is 10.0 Å². The SMILES string of the molecule is CCc1cc(Br)ccc1CN(CC1CC1)C(=O)O. The smallest absolute Gasteiger partial charge is 0.407 e. The molecule has 0 unspecified atom stereocenters. The molecule has 0 aliphatic heterocycles. The van der Waals surface area contributed by atoms with Crippen molar-refractivity contribution < 1.29 is 9.90 Å². The maximum Gasteiger partial charge on any atom is 0.407 e. The molecule has 18 heavy (non-hydrogen) atoms. The minimum Gasteiger partial charge on any atom is -0.465 e. The third-order valence-corrected chi connectivity index (χ3v) is 3.85. The zero-order valence-electron chi connectivity index (χ0n) is 10.5. The first-order chi connectivity index (χ1) is 8.60. The van der Waals surface area contributed by atoms with Crippen molar-refractivity contribution in [3.8, 4) is 0 Å². The molecule has 1 N–H and O–H groups in total. The summed E-state index contributed by atoms with van der Waals surface area (Å²) in [6.07, 6.45) is 2.45. The highest BCUT2D eigenvalue weighted by Crippen LogP contribution is 2.30. The summed E-state index contributed by atoms with van der Waals surface area (Å²) in [6, 6.07) is 6.07. The molecule has 0 atom stereocenters. The molecular weight excluding hydrogens is 294 g/mol. The van der Waals surface area contributed by atoms with Crippen LogP contribution < -0.4 is 0 Å². The van der Waals surface area contributed by atoms with Crippen molar-refractivity contribution in [2.75, 3.05) is 6.54 Å². The Hall–Kier alpha value is -1.03. The van der Waals surface area contributed by atoms with Gasteiger partial charge in [0.15, 0.2) is 0 Å². The van der Waals surface area contributed by atoms with Crippen LogP contribution in [-0.4, -0.2) is 22.6 Å². The maximum atomic E-state index is 11.3. The van der Waals surface area contributed by atoms with Gasteiger partial charge in [-0.15, -0.1) is 0 Å². The van der Waals surface area contributed by atoms with Crippen LogP contribution in [0.1, 0.15) is 30.9 Å². The van der Waals surface area contributed by atoms with Crippen LogP contribution in [0.15, 0.2) is 22.7 Å². The van der Waals surface area contributed by atoms with E-state index in [0.29, 0.717) is 19.0 Å². The Kier molecular flexibility index (Phi) is 4.27. The van der Waals surface area contributed by atoms with Crippen molar-refractivity contribution in [2.24, 2.45) is 5.92 Å². The van der Waals surface area contributed by atoms with Crippen LogP contribution in [0.5, 0.6) is 0 Å². The maximum absolute atomic E-state index is 11.3. The molecule has 0 radical (unpaired) electrons. The average molecular weight is 312 g/mol. The quantitative estimate of drug-likeness (QED) is 0.896. The number of carboxylic acid groups (broad SMARTS) is 1. The van der Waals surface area contributed by atoms with Gasteiger partial charge in [-0.25, -0.2) is 4.79 Å². The molecule has 1 aliphatic rings. The summed E-state index contributed by atoms with van der Waals surface area (Å²) >= 11 is 3.45. The van der Waals surface area contributed by atoms with Gasteiger partial charge >= 0.3 is 6.09 Å². The van der Waals surface area contributed by atoms with E-state index in [2.05, 4.69) is 28.9 Å². The Morgan fingerprint density at radius 2 is 2.17 bits per heavy atom. The molecular formula is C14H18BrNO2. The van der Waals surface area contributed by atoms with Crippen molar-refractivity contribution in [2.45, 2.75) is 32.7 Å². The highest BCUT2D eigenvalue weighted by Gasteiger charge is 2.26. The molecule has 98 valence electrons. The van der Waals surface area contributed by atoms with Crippen molar-refractivity contribution in [3.05, 3.63) is 33.8 Å². The molecule has 0 bridgehead atoms. The Morgan fingerprint density at radius 1 is 1.44 bits per heavy atom. The van der Waals surface area contributed by atoms with E-state index in [1.165, 1.54) is 18.4 Å². The Morgan fingerprint density at radius 3 is 2.72 bits per heavy atom. The Labute approximate surface area is 116 Å². The molecule has 4 heteroatoms. The number of amides is 1. The summed E-state index contributed by atoms with van der Waals surface area (Å²) in [6.45, 7) is 3.27. The van der Waals surface area contributed by atoms with Gasteiger partial charge in [0.1, 0.15) is 0 Å². The summed E-state index contributed by atoms with van der Waals surface area (Å²) in [5, 5.41) is 9.25. The van der Waals surface area contributed by atoms with E-state index in [4.69, 9.17) is 0 Å². The summed E-state index contributed by atoms with van der Waals surface area (Å²) < 4.78 is 1.05. The van der Waals surface area contributed by atoms with Crippen LogP contribution in [0.4, 0.5) is 4.79 Å². The van der Waals surface area contributed by atoms with E-state index in [1.54, 1.807) is 4.90 Å². The number of hydrogen-bond acceptors (Lipinski definition) is 1. The molecule has 0 aromatic heterocycles. The van der Waals surface area contributed by atoms with Gasteiger partial charge in [-0.2, -0.15) is 0 Å². The van der Waals surface area contributed by atoms with Gasteiger partial charge in [-0.3, -0.25) is 0 Å². The van der Waals surface area contributed by atoms with E-state index in [9.17, 15) is 9.90 Å². The molecule has 2 rings (SSSR count). The van der Waals surface area contributed by atoms with E-state index in [1.807, 2.05) is 12.1 Å². The lowest BCUT2D eigenvalue weighted by Gasteiger charge is -2.20. The molecule has 0 saturated heterocycles. The Balaban J connectivity index is 2.11. The average Bonchev–Trinajstić information content (AvgIpc) is 3.14. The second kappa shape index (κ2) is 5.74. The van der Waals surface area contributed by atoms with Gasteiger partial charge in [0, 0.05) is 17.6 Å². The molecule has 1 saturated carbocycles. The fraction of sp³-hybridized carbons (Fsp3) is 0.500. The first-order valence-electron chi connectivity index (χ1n) is 6.35. The van der Waals surface area contributed by atoms with Gasteiger partial charge in [-0.1, -0.05) is 28.9 Å². The van der Waals surface area contributed by atoms with Crippen molar-refractivity contribution in [1.29, 1.82) is 0 Å². The zero-order valence-corrected chi connectivity index (χ0v) is 12.1. The predicted octanol–water partition coefficient (Wildman–Crippen LogP) is 3.90. The minimum atomic E-state index is -0.813. The summed E-state index contributed by atoms with van der Waals surface area (Å²) in [5.41, 5.74) is 2.33. The van der Waals surface area contributed by atoms with Crippen LogP contribution in [0.3, 0.4) is 0 Å². The van der Waals surface area contributed by atoms with Gasteiger partial charge in [-0.05, 0) is 48.4 Å². The highest BCUT2D eigenvalue weighted by molar-refractivity contribution is 9.10. The van der Waals surface area contributed by atoms with Crippen LogP contribution in [0.25, 0.3) is 0 Å². The topological polar surface area (TPSA) is 40.5 Å². The van der Waals surface area contributed by atoms with E-state index in [0.717, 1.165) is 16.5 Å². The lowest BCUT2D eigenvalue weighted by Crippen LogP contribution is -2.31. The van der Waals surface area contributed by atoms with Crippen LogP contribution in [0.2, 0.25) is 0 Å². The minimum absolute atomic E-state index is 0.502. The third kappa shape index (κ3) is 3.48. The second-order valence-electron chi connectivity index (χ2n) is 4.87. The number of aryl methyl sites for hydroxylation is 1. The van der Waals surface area contributed by atoms with Gasteiger partial charge in [0.25, 0.3) is 0 Å². The molecule has 1 fully saturated rings. The summed E-state index contributed by atoms with van der Waals surface area (Å²) in [5.74, 6) is 0.585. The standard InChI is InChI=1S/C14H18BrNO2/c1-2-11-7-13(15)6-5-12(11)9-16(14(17)18)8-10-3-4-10/h5-7,10H,2-4,8-9H2,1H3,(H,17,18). The molecule has 0 heterocycles. The molecule has 1 amide bonds. The number of nitrogens with zero attached hydrogens (tertiary/aromatic N) is 1. The number of halogens is 1. The number of benzene rings is 1. The summed E-state index contributed by atoms with van der Waals surface area (Å²) in [4.78, 5) is 12.8. The lowest BCUT2D eigenvalue weighted by molar-refractivity contribution is 0.140. The van der Waals surface area contributed by atoms with Crippen molar-refractivity contribution in [3.63, 3.8) is 0 Å². The first kappa shape index (κ1) is 13.4. The van der Waals surface area contributed by atoms with E-state index < -0.39 is 6.09 Å². The summed E-state index contributed by atoms with van der Waals surface area (Å²) in [7, 11) is 0. The highest BCUT2D eigenvalue weighted by atomic mass is 79.9. The molecule has 0 spiro atoms. The third-order valence-electron chi connectivity index (χ3n) is 3.36. The number of carbonyl (C=O) groups is 1. The predicted molar refractivity (Wildman–Crippen MR) is 74.7 cm³/mol. The van der Waals surface area contributed by atoms with Crippen molar-refractivity contribution >= 4 is 22.0 Å². The molecule has 1 aliphatic carbocycles. The lowest BCUT2D eigenvalue weighted by atomic mass is 10.0. The van der Waals surface area contributed by atoms with Crippen LogP contribution >= 0.6 is 15.9 Å². The molecule has 3 nitrogen and oxygen atoms in total. The van der Waals surface area contributed by atoms with Gasteiger partial charge in [0.2, 0.25) is 0 Å².